The first-order valence-electron chi connectivity index (χ1n) is 8.83. The molecule has 1 aliphatic heterocycles. The van der Waals surface area contributed by atoms with Gasteiger partial charge in [-0.05, 0) is 24.3 Å². The standard InChI is InChI=1S/C20H24ClN3O3/c1-26-18-6-4-3-5-15(18)17-12-22-9-10-24(17)13-20(25)23-16-11-14(21)7-8-19(16)27-2/h3-8,11,17,22H,9-10,12-13H2,1-2H3,(H,23,25). The lowest BCUT2D eigenvalue weighted by Gasteiger charge is -2.36. The summed E-state index contributed by atoms with van der Waals surface area (Å²) in [5.41, 5.74) is 1.64. The number of carbonyl (C=O) groups excluding carboxylic acids is 1. The molecule has 0 saturated carbocycles. The molecule has 144 valence electrons. The molecule has 2 aromatic carbocycles. The summed E-state index contributed by atoms with van der Waals surface area (Å²) in [5, 5.41) is 6.85. The number of ether oxygens (including phenoxy) is 2. The van der Waals surface area contributed by atoms with Gasteiger partial charge in [-0.2, -0.15) is 0 Å². The Labute approximate surface area is 164 Å². The lowest BCUT2D eigenvalue weighted by atomic mass is 10.0. The zero-order chi connectivity index (χ0) is 19.2. The first kappa shape index (κ1) is 19.5. The maximum atomic E-state index is 12.7. The highest BCUT2D eigenvalue weighted by atomic mass is 35.5. The molecule has 2 N–H and O–H groups in total. The zero-order valence-electron chi connectivity index (χ0n) is 15.5. The minimum atomic E-state index is -0.114. The number of para-hydroxylation sites is 1. The maximum absolute atomic E-state index is 12.7. The van der Waals surface area contributed by atoms with Crippen molar-refractivity contribution < 1.29 is 14.3 Å². The number of halogens is 1. The number of hydrogen-bond donors (Lipinski definition) is 2. The Morgan fingerprint density at radius 2 is 2.00 bits per heavy atom. The van der Waals surface area contributed by atoms with E-state index < -0.39 is 0 Å². The van der Waals surface area contributed by atoms with Gasteiger partial charge in [0.05, 0.1) is 32.5 Å². The fourth-order valence-corrected chi connectivity index (χ4v) is 3.51. The molecule has 1 fully saturated rings. The molecule has 0 bridgehead atoms. The van der Waals surface area contributed by atoms with Crippen LogP contribution in [0.3, 0.4) is 0 Å². The Kier molecular flexibility index (Phi) is 6.55. The quantitative estimate of drug-likeness (QED) is 0.795. The summed E-state index contributed by atoms with van der Waals surface area (Å²) < 4.78 is 10.8. The van der Waals surface area contributed by atoms with E-state index in [9.17, 15) is 4.79 Å². The normalized spacial score (nSPS) is 17.4. The minimum absolute atomic E-state index is 0.0573. The third kappa shape index (κ3) is 4.71. The Bertz CT molecular complexity index is 800. The van der Waals surface area contributed by atoms with E-state index >= 15 is 0 Å². The smallest absolute Gasteiger partial charge is 0.238 e. The van der Waals surface area contributed by atoms with Crippen LogP contribution >= 0.6 is 11.6 Å². The van der Waals surface area contributed by atoms with Crippen LogP contribution in [0.4, 0.5) is 5.69 Å². The molecule has 1 saturated heterocycles. The summed E-state index contributed by atoms with van der Waals surface area (Å²) in [6, 6.07) is 13.1. The maximum Gasteiger partial charge on any atom is 0.238 e. The molecule has 3 rings (SSSR count). The molecule has 1 amide bonds. The number of hydrogen-bond acceptors (Lipinski definition) is 5. The van der Waals surface area contributed by atoms with Gasteiger partial charge in [0.15, 0.2) is 0 Å². The summed E-state index contributed by atoms with van der Waals surface area (Å²) in [6.07, 6.45) is 0. The number of carbonyl (C=O) groups is 1. The average Bonchev–Trinajstić information content (AvgIpc) is 2.68. The average molecular weight is 390 g/mol. The number of benzene rings is 2. The molecule has 0 radical (unpaired) electrons. The first-order valence-corrected chi connectivity index (χ1v) is 9.21. The van der Waals surface area contributed by atoms with Crippen molar-refractivity contribution in [3.63, 3.8) is 0 Å². The summed E-state index contributed by atoms with van der Waals surface area (Å²) in [7, 11) is 3.23. The van der Waals surface area contributed by atoms with Gasteiger partial charge in [-0.25, -0.2) is 0 Å². The van der Waals surface area contributed by atoms with Crippen molar-refractivity contribution in [1.29, 1.82) is 0 Å². The third-order valence-corrected chi connectivity index (χ3v) is 4.87. The van der Waals surface area contributed by atoms with Crippen molar-refractivity contribution >= 4 is 23.2 Å². The molecule has 6 nitrogen and oxygen atoms in total. The lowest BCUT2D eigenvalue weighted by Crippen LogP contribution is -2.48. The van der Waals surface area contributed by atoms with Gasteiger partial charge in [-0.15, -0.1) is 0 Å². The van der Waals surface area contributed by atoms with Crippen LogP contribution in [0.1, 0.15) is 11.6 Å². The number of nitrogens with zero attached hydrogens (tertiary/aromatic N) is 1. The summed E-state index contributed by atoms with van der Waals surface area (Å²) in [6.45, 7) is 2.62. The number of methoxy groups -OCH3 is 2. The van der Waals surface area contributed by atoms with E-state index in [1.807, 2.05) is 24.3 Å². The third-order valence-electron chi connectivity index (χ3n) is 4.63. The second-order valence-corrected chi connectivity index (χ2v) is 6.76. The lowest BCUT2D eigenvalue weighted by molar-refractivity contribution is -0.118. The SMILES string of the molecule is COc1ccc(Cl)cc1NC(=O)CN1CCNCC1c1ccccc1OC. The fourth-order valence-electron chi connectivity index (χ4n) is 3.34. The fraction of sp³-hybridized carbons (Fsp3) is 0.350. The predicted octanol–water partition coefficient (Wildman–Crippen LogP) is 2.94. The molecule has 0 aliphatic carbocycles. The van der Waals surface area contributed by atoms with Crippen molar-refractivity contribution in [3.05, 3.63) is 53.1 Å². The number of anilines is 1. The molecule has 7 heteroatoms. The zero-order valence-corrected chi connectivity index (χ0v) is 16.3. The summed E-state index contributed by atoms with van der Waals surface area (Å²) in [4.78, 5) is 14.8. The number of nitrogens with one attached hydrogen (secondary N) is 2. The van der Waals surface area contributed by atoms with Crippen molar-refractivity contribution in [2.75, 3.05) is 45.7 Å². The topological polar surface area (TPSA) is 62.8 Å². The molecule has 2 aromatic rings. The van der Waals surface area contributed by atoms with Crippen LogP contribution in [0, 0.1) is 0 Å². The van der Waals surface area contributed by atoms with Crippen LogP contribution in [-0.2, 0) is 4.79 Å². The molecule has 1 aliphatic rings. The molecule has 0 aromatic heterocycles. The van der Waals surface area contributed by atoms with Crippen molar-refractivity contribution in [1.82, 2.24) is 10.2 Å². The van der Waals surface area contributed by atoms with Gasteiger partial charge in [0, 0.05) is 30.2 Å². The van der Waals surface area contributed by atoms with Crippen LogP contribution in [0.2, 0.25) is 5.02 Å². The second-order valence-electron chi connectivity index (χ2n) is 6.33. The monoisotopic (exact) mass is 389 g/mol. The van der Waals surface area contributed by atoms with E-state index in [4.69, 9.17) is 21.1 Å². The van der Waals surface area contributed by atoms with Crippen molar-refractivity contribution in [2.24, 2.45) is 0 Å². The largest absolute Gasteiger partial charge is 0.496 e. The van der Waals surface area contributed by atoms with Gasteiger partial charge in [0.25, 0.3) is 0 Å². The Morgan fingerprint density at radius 1 is 1.22 bits per heavy atom. The predicted molar refractivity (Wildman–Crippen MR) is 107 cm³/mol. The second kappa shape index (κ2) is 9.08. The molecular formula is C20H24ClN3O3. The van der Waals surface area contributed by atoms with E-state index in [1.54, 1.807) is 32.4 Å². The van der Waals surface area contributed by atoms with E-state index in [-0.39, 0.29) is 18.5 Å². The molecule has 1 heterocycles. The van der Waals surface area contributed by atoms with Crippen molar-refractivity contribution in [2.45, 2.75) is 6.04 Å². The van der Waals surface area contributed by atoms with Gasteiger partial charge < -0.3 is 20.1 Å². The van der Waals surface area contributed by atoms with Crippen LogP contribution in [0.15, 0.2) is 42.5 Å². The van der Waals surface area contributed by atoms with Crippen molar-refractivity contribution in [3.8, 4) is 11.5 Å². The molecule has 1 atom stereocenters. The van der Waals surface area contributed by atoms with Gasteiger partial charge in [-0.3, -0.25) is 9.69 Å². The van der Waals surface area contributed by atoms with Gasteiger partial charge in [0.2, 0.25) is 5.91 Å². The molecule has 0 spiro atoms. The highest BCUT2D eigenvalue weighted by Gasteiger charge is 2.27. The van der Waals surface area contributed by atoms with Crippen LogP contribution in [0.5, 0.6) is 11.5 Å². The van der Waals surface area contributed by atoms with E-state index in [0.29, 0.717) is 16.5 Å². The van der Waals surface area contributed by atoms with Gasteiger partial charge in [-0.1, -0.05) is 29.8 Å². The molecule has 1 unspecified atom stereocenters. The highest BCUT2D eigenvalue weighted by molar-refractivity contribution is 6.31. The van der Waals surface area contributed by atoms with Gasteiger partial charge in [0.1, 0.15) is 11.5 Å². The molecular weight excluding hydrogens is 366 g/mol. The van der Waals surface area contributed by atoms with Crippen LogP contribution in [-0.4, -0.2) is 51.2 Å². The summed E-state index contributed by atoms with van der Waals surface area (Å²) >= 11 is 6.05. The van der Waals surface area contributed by atoms with Crippen LogP contribution < -0.4 is 20.1 Å². The number of rotatable bonds is 6. The van der Waals surface area contributed by atoms with Crippen LogP contribution in [0.25, 0.3) is 0 Å². The number of amides is 1. The van der Waals surface area contributed by atoms with E-state index in [0.717, 1.165) is 30.9 Å². The Morgan fingerprint density at radius 3 is 2.78 bits per heavy atom. The molecule has 27 heavy (non-hydrogen) atoms. The minimum Gasteiger partial charge on any atom is -0.496 e. The first-order chi connectivity index (χ1) is 13.1. The van der Waals surface area contributed by atoms with Gasteiger partial charge >= 0.3 is 0 Å². The Balaban J connectivity index is 1.74. The Hall–Kier alpha value is -2.28. The van der Waals surface area contributed by atoms with E-state index in [2.05, 4.69) is 15.5 Å². The van der Waals surface area contributed by atoms with E-state index in [1.165, 1.54) is 0 Å². The summed E-state index contributed by atoms with van der Waals surface area (Å²) in [5.74, 6) is 1.29. The highest BCUT2D eigenvalue weighted by Crippen LogP contribution is 2.31. The number of piperazine rings is 1.